The quantitative estimate of drug-likeness (QED) is 0.562. The van der Waals surface area contributed by atoms with E-state index in [-0.39, 0.29) is 11.7 Å². The molecule has 2 aromatic carbocycles. The first-order valence-corrected chi connectivity index (χ1v) is 7.08. The van der Waals surface area contributed by atoms with Crippen molar-refractivity contribution in [1.82, 2.24) is 0 Å². The highest BCUT2D eigenvalue weighted by Crippen LogP contribution is 2.35. The number of rotatable bonds is 6. The summed E-state index contributed by atoms with van der Waals surface area (Å²) in [5.41, 5.74) is 14.1. The van der Waals surface area contributed by atoms with Crippen LogP contribution in [0, 0.1) is 0 Å². The van der Waals surface area contributed by atoms with Crippen molar-refractivity contribution in [2.45, 2.75) is 12.3 Å². The summed E-state index contributed by atoms with van der Waals surface area (Å²) in [5.74, 6) is 1.31. The first-order valence-electron chi connectivity index (χ1n) is 7.08. The second-order valence-corrected chi connectivity index (χ2v) is 5.15. The fraction of sp³-hybridized carbons (Fsp3) is 0.294. The molecule has 5 nitrogen and oxygen atoms in total. The number of phenols is 1. The molecule has 0 amide bonds. The number of methoxy groups -OCH3 is 2. The largest absolute Gasteiger partial charge is 0.503 e. The van der Waals surface area contributed by atoms with E-state index in [1.54, 1.807) is 19.2 Å². The summed E-state index contributed by atoms with van der Waals surface area (Å²) < 4.78 is 10.3. The summed E-state index contributed by atoms with van der Waals surface area (Å²) in [4.78, 5) is 0. The number of ether oxygens (including phenoxy) is 2. The molecule has 0 spiro atoms. The van der Waals surface area contributed by atoms with Gasteiger partial charge in [-0.25, -0.2) is 0 Å². The topological polar surface area (TPSA) is 90.7 Å². The van der Waals surface area contributed by atoms with E-state index in [9.17, 15) is 5.11 Å². The van der Waals surface area contributed by atoms with Crippen LogP contribution in [-0.2, 0) is 6.42 Å². The van der Waals surface area contributed by atoms with E-state index in [0.717, 1.165) is 16.9 Å². The predicted octanol–water partition coefficient (Wildman–Crippen LogP) is 2.28. The molecule has 0 fully saturated rings. The normalized spacial score (nSPS) is 12.0. The van der Waals surface area contributed by atoms with Crippen molar-refractivity contribution >= 4 is 5.69 Å². The number of anilines is 1. The second kappa shape index (κ2) is 7.04. The fourth-order valence-electron chi connectivity index (χ4n) is 2.46. The van der Waals surface area contributed by atoms with Gasteiger partial charge in [0.2, 0.25) is 0 Å². The Hall–Kier alpha value is -2.40. The van der Waals surface area contributed by atoms with Crippen LogP contribution >= 0.6 is 0 Å². The lowest BCUT2D eigenvalue weighted by Gasteiger charge is -2.17. The Balaban J connectivity index is 2.24. The smallest absolute Gasteiger partial charge is 0.181 e. The number of nitrogens with two attached hydrogens (primary N) is 2. The Morgan fingerprint density at radius 3 is 2.32 bits per heavy atom. The molecule has 0 aliphatic carbocycles. The Morgan fingerprint density at radius 2 is 1.77 bits per heavy atom. The lowest BCUT2D eigenvalue weighted by molar-refractivity contribution is 0.374. The molecular formula is C17H22N2O3. The van der Waals surface area contributed by atoms with Gasteiger partial charge in [-0.1, -0.05) is 12.1 Å². The van der Waals surface area contributed by atoms with Crippen LogP contribution in [0.3, 0.4) is 0 Å². The van der Waals surface area contributed by atoms with Crippen LogP contribution in [0.25, 0.3) is 0 Å². The van der Waals surface area contributed by atoms with E-state index in [1.807, 2.05) is 24.3 Å². The van der Waals surface area contributed by atoms with Crippen LogP contribution < -0.4 is 20.9 Å². The molecule has 1 unspecified atom stereocenters. The van der Waals surface area contributed by atoms with Gasteiger partial charge in [-0.3, -0.25) is 0 Å². The average molecular weight is 302 g/mol. The predicted molar refractivity (Wildman–Crippen MR) is 87.6 cm³/mol. The van der Waals surface area contributed by atoms with Crippen molar-refractivity contribution < 1.29 is 14.6 Å². The van der Waals surface area contributed by atoms with Gasteiger partial charge in [0.15, 0.2) is 11.5 Å². The fourth-order valence-corrected chi connectivity index (χ4v) is 2.46. The third-order valence-corrected chi connectivity index (χ3v) is 3.74. The molecule has 0 aliphatic rings. The number of hydrogen-bond acceptors (Lipinski definition) is 5. The first-order chi connectivity index (χ1) is 10.6. The van der Waals surface area contributed by atoms with Gasteiger partial charge in [0, 0.05) is 5.92 Å². The molecular weight excluding hydrogens is 280 g/mol. The monoisotopic (exact) mass is 302 g/mol. The molecule has 0 bridgehead atoms. The molecule has 0 saturated carbocycles. The van der Waals surface area contributed by atoms with Gasteiger partial charge in [0.05, 0.1) is 19.9 Å². The van der Waals surface area contributed by atoms with Gasteiger partial charge in [-0.15, -0.1) is 0 Å². The summed E-state index contributed by atoms with van der Waals surface area (Å²) in [7, 11) is 3.14. The molecule has 2 rings (SSSR count). The molecule has 0 saturated heterocycles. The van der Waals surface area contributed by atoms with E-state index in [4.69, 9.17) is 20.9 Å². The maximum absolute atomic E-state index is 9.80. The minimum absolute atomic E-state index is 0.0278. The minimum atomic E-state index is -0.0278. The summed E-state index contributed by atoms with van der Waals surface area (Å²) in [6.45, 7) is 0.509. The molecule has 5 N–H and O–H groups in total. The molecule has 0 aliphatic heterocycles. The highest BCUT2D eigenvalue weighted by Gasteiger charge is 2.14. The lowest BCUT2D eigenvalue weighted by atomic mass is 9.91. The highest BCUT2D eigenvalue weighted by molar-refractivity contribution is 5.61. The van der Waals surface area contributed by atoms with Crippen LogP contribution in [0.5, 0.6) is 17.2 Å². The van der Waals surface area contributed by atoms with Gasteiger partial charge in [0.25, 0.3) is 0 Å². The molecule has 5 heteroatoms. The second-order valence-electron chi connectivity index (χ2n) is 5.15. The van der Waals surface area contributed by atoms with Crippen molar-refractivity contribution in [2.75, 3.05) is 26.5 Å². The molecule has 0 radical (unpaired) electrons. The molecule has 1 atom stereocenters. The molecule has 2 aromatic rings. The van der Waals surface area contributed by atoms with E-state index in [1.165, 1.54) is 7.11 Å². The van der Waals surface area contributed by atoms with Gasteiger partial charge >= 0.3 is 0 Å². The summed E-state index contributed by atoms with van der Waals surface area (Å²) >= 11 is 0. The van der Waals surface area contributed by atoms with E-state index in [2.05, 4.69) is 0 Å². The zero-order chi connectivity index (χ0) is 16.1. The minimum Gasteiger partial charge on any atom is -0.503 e. The maximum Gasteiger partial charge on any atom is 0.181 e. The Bertz CT molecular complexity index is 627. The summed E-state index contributed by atoms with van der Waals surface area (Å²) in [5, 5.41) is 9.80. The van der Waals surface area contributed by atoms with E-state index >= 15 is 0 Å². The summed E-state index contributed by atoms with van der Waals surface area (Å²) in [6.07, 6.45) is 0.712. The molecule has 0 aromatic heterocycles. The lowest BCUT2D eigenvalue weighted by Crippen LogP contribution is -2.15. The van der Waals surface area contributed by atoms with Gasteiger partial charge in [0.1, 0.15) is 5.75 Å². The first kappa shape index (κ1) is 16.0. The standard InChI is InChI=1S/C17H22N2O3/c1-21-14-5-3-12(4-6-14)13(10-18)7-11-8-15(19)17(20)16(9-11)22-2/h3-6,8-9,13,20H,7,10,18-19H2,1-2H3. The van der Waals surface area contributed by atoms with Gasteiger partial charge in [-0.05, 0) is 48.4 Å². The molecule has 22 heavy (non-hydrogen) atoms. The maximum atomic E-state index is 9.80. The van der Waals surface area contributed by atoms with Crippen LogP contribution in [0.2, 0.25) is 0 Å². The Labute approximate surface area is 130 Å². The van der Waals surface area contributed by atoms with E-state index in [0.29, 0.717) is 24.4 Å². The Kier molecular flexibility index (Phi) is 5.12. The van der Waals surface area contributed by atoms with Crippen molar-refractivity contribution in [1.29, 1.82) is 0 Å². The Morgan fingerprint density at radius 1 is 1.09 bits per heavy atom. The third kappa shape index (κ3) is 3.43. The number of hydrogen-bond donors (Lipinski definition) is 3. The number of aromatic hydroxyl groups is 1. The van der Waals surface area contributed by atoms with Crippen LogP contribution in [0.4, 0.5) is 5.69 Å². The zero-order valence-electron chi connectivity index (χ0n) is 12.9. The third-order valence-electron chi connectivity index (χ3n) is 3.74. The van der Waals surface area contributed by atoms with Crippen LogP contribution in [0.15, 0.2) is 36.4 Å². The van der Waals surface area contributed by atoms with Crippen molar-refractivity contribution in [3.8, 4) is 17.2 Å². The SMILES string of the molecule is COc1ccc(C(CN)Cc2cc(N)c(O)c(OC)c2)cc1. The number of benzene rings is 2. The van der Waals surface area contributed by atoms with Gasteiger partial charge < -0.3 is 26.0 Å². The van der Waals surface area contributed by atoms with Crippen molar-refractivity contribution in [3.63, 3.8) is 0 Å². The van der Waals surface area contributed by atoms with Crippen LogP contribution in [0.1, 0.15) is 17.0 Å². The zero-order valence-corrected chi connectivity index (χ0v) is 12.9. The van der Waals surface area contributed by atoms with Crippen LogP contribution in [-0.4, -0.2) is 25.9 Å². The van der Waals surface area contributed by atoms with E-state index < -0.39 is 0 Å². The van der Waals surface area contributed by atoms with Gasteiger partial charge in [-0.2, -0.15) is 0 Å². The summed E-state index contributed by atoms with van der Waals surface area (Å²) in [6, 6.07) is 11.4. The average Bonchev–Trinajstić information content (AvgIpc) is 2.55. The van der Waals surface area contributed by atoms with Crippen molar-refractivity contribution in [2.24, 2.45) is 5.73 Å². The van der Waals surface area contributed by atoms with Crippen molar-refractivity contribution in [3.05, 3.63) is 47.5 Å². The molecule has 118 valence electrons. The number of phenolic OH excluding ortho intramolecular Hbond substituents is 1. The molecule has 0 heterocycles. The highest BCUT2D eigenvalue weighted by atomic mass is 16.5. The number of nitrogen functional groups attached to an aromatic ring is 1.